The Hall–Kier alpha value is -1.69. The average Bonchev–Trinajstić information content (AvgIpc) is 3.22. The highest BCUT2D eigenvalue weighted by Gasteiger charge is 2.30. The Morgan fingerprint density at radius 3 is 2.81 bits per heavy atom. The minimum absolute atomic E-state index is 0.179. The average molecular weight is 302 g/mol. The first-order valence-electron chi connectivity index (χ1n) is 7.55. The van der Waals surface area contributed by atoms with Gasteiger partial charge in [0, 0.05) is 31.2 Å². The first-order chi connectivity index (χ1) is 10.3. The van der Waals surface area contributed by atoms with Gasteiger partial charge in [0.1, 0.15) is 5.52 Å². The van der Waals surface area contributed by atoms with Crippen LogP contribution < -0.4 is 10.2 Å². The maximum atomic E-state index is 12.1. The molecule has 1 saturated heterocycles. The quantitative estimate of drug-likeness (QED) is 0.944. The summed E-state index contributed by atoms with van der Waals surface area (Å²) in [5.74, 6) is 0.434. The molecule has 1 N–H and O–H groups in total. The van der Waals surface area contributed by atoms with Crippen LogP contribution in [0.2, 0.25) is 0 Å². The van der Waals surface area contributed by atoms with Crippen LogP contribution in [0.25, 0.3) is 10.2 Å². The highest BCUT2D eigenvalue weighted by atomic mass is 32.1. The fourth-order valence-electron chi connectivity index (χ4n) is 2.78. The van der Waals surface area contributed by atoms with Gasteiger partial charge in [0.05, 0.1) is 10.9 Å². The number of nitrogens with one attached hydrogen (secondary N) is 1. The predicted molar refractivity (Wildman–Crippen MR) is 83.5 cm³/mol. The number of hydrogen-bond acceptors (Lipinski definition) is 5. The molecule has 0 aromatic carbocycles. The molecule has 2 fully saturated rings. The molecule has 0 unspecified atom stereocenters. The van der Waals surface area contributed by atoms with Crippen LogP contribution in [0.15, 0.2) is 18.5 Å². The maximum absolute atomic E-state index is 12.1. The zero-order valence-electron chi connectivity index (χ0n) is 11.8. The van der Waals surface area contributed by atoms with Gasteiger partial charge in [0.15, 0.2) is 5.13 Å². The van der Waals surface area contributed by atoms with Crippen LogP contribution in [0.5, 0.6) is 0 Å². The monoisotopic (exact) mass is 302 g/mol. The van der Waals surface area contributed by atoms with Crippen LogP contribution in [0.1, 0.15) is 25.7 Å². The standard InChI is InChI=1S/C15H18N4OS/c20-14(17-11-1-2-11)10-4-7-19(8-5-10)15-18-12-9-16-6-3-13(12)21-15/h3,6,9-11H,1-2,4-5,7-8H2,(H,17,20). The highest BCUT2D eigenvalue weighted by molar-refractivity contribution is 7.22. The number of anilines is 1. The van der Waals surface area contributed by atoms with E-state index in [2.05, 4.69) is 20.2 Å². The zero-order chi connectivity index (χ0) is 14.2. The molecule has 2 aliphatic rings. The second-order valence-corrected chi connectivity index (χ2v) is 6.89. The van der Waals surface area contributed by atoms with E-state index in [0.717, 1.165) is 49.4 Å². The molecular weight excluding hydrogens is 284 g/mol. The van der Waals surface area contributed by atoms with Crippen molar-refractivity contribution in [1.29, 1.82) is 0 Å². The van der Waals surface area contributed by atoms with Gasteiger partial charge in [0.25, 0.3) is 0 Å². The van der Waals surface area contributed by atoms with E-state index in [1.807, 2.05) is 12.3 Å². The Morgan fingerprint density at radius 1 is 1.29 bits per heavy atom. The fourth-order valence-corrected chi connectivity index (χ4v) is 3.77. The van der Waals surface area contributed by atoms with Crippen molar-refractivity contribution >= 4 is 32.6 Å². The van der Waals surface area contributed by atoms with E-state index in [1.54, 1.807) is 17.5 Å². The first kappa shape index (κ1) is 13.0. The molecule has 0 bridgehead atoms. The Kier molecular flexibility index (Phi) is 3.25. The van der Waals surface area contributed by atoms with Crippen LogP contribution in [-0.2, 0) is 4.79 Å². The van der Waals surface area contributed by atoms with Crippen LogP contribution in [0.3, 0.4) is 0 Å². The number of carbonyl (C=O) groups is 1. The lowest BCUT2D eigenvalue weighted by Crippen LogP contribution is -2.41. The van der Waals surface area contributed by atoms with Crippen molar-refractivity contribution in [2.75, 3.05) is 18.0 Å². The number of pyridine rings is 1. The lowest BCUT2D eigenvalue weighted by molar-refractivity contribution is -0.125. The molecule has 2 aromatic rings. The lowest BCUT2D eigenvalue weighted by Gasteiger charge is -2.31. The summed E-state index contributed by atoms with van der Waals surface area (Å²) in [7, 11) is 0. The minimum atomic E-state index is 0.179. The summed E-state index contributed by atoms with van der Waals surface area (Å²) in [5, 5.41) is 4.18. The van der Waals surface area contributed by atoms with E-state index in [-0.39, 0.29) is 11.8 Å². The van der Waals surface area contributed by atoms with Crippen molar-refractivity contribution < 1.29 is 4.79 Å². The molecule has 1 aliphatic carbocycles. The molecule has 6 heteroatoms. The highest BCUT2D eigenvalue weighted by Crippen LogP contribution is 2.31. The van der Waals surface area contributed by atoms with Crippen molar-refractivity contribution in [3.05, 3.63) is 18.5 Å². The molecule has 5 nitrogen and oxygen atoms in total. The molecule has 0 radical (unpaired) electrons. The van der Waals surface area contributed by atoms with Crippen molar-refractivity contribution in [2.45, 2.75) is 31.7 Å². The number of piperidine rings is 1. The molecule has 0 atom stereocenters. The van der Waals surface area contributed by atoms with Crippen LogP contribution in [0, 0.1) is 5.92 Å². The summed E-state index contributed by atoms with van der Waals surface area (Å²) in [6.07, 6.45) is 7.78. The van der Waals surface area contributed by atoms with Crippen LogP contribution in [0.4, 0.5) is 5.13 Å². The summed E-state index contributed by atoms with van der Waals surface area (Å²) in [6, 6.07) is 2.47. The third-order valence-corrected chi connectivity index (χ3v) is 5.34. The molecule has 110 valence electrons. The zero-order valence-corrected chi connectivity index (χ0v) is 12.6. The van der Waals surface area contributed by atoms with Gasteiger partial charge in [-0.2, -0.15) is 0 Å². The second-order valence-electron chi connectivity index (χ2n) is 5.88. The third kappa shape index (κ3) is 2.72. The summed E-state index contributed by atoms with van der Waals surface area (Å²) < 4.78 is 1.17. The molecule has 0 spiro atoms. The van der Waals surface area contributed by atoms with Gasteiger partial charge in [-0.1, -0.05) is 11.3 Å². The number of thiazole rings is 1. The lowest BCUT2D eigenvalue weighted by atomic mass is 9.96. The van der Waals surface area contributed by atoms with Gasteiger partial charge in [-0.05, 0) is 31.7 Å². The summed E-state index contributed by atoms with van der Waals surface area (Å²) in [5.41, 5.74) is 0.964. The van der Waals surface area contributed by atoms with E-state index in [9.17, 15) is 4.79 Å². The topological polar surface area (TPSA) is 58.1 Å². The Labute approximate surface area is 127 Å². The molecule has 2 aromatic heterocycles. The number of amides is 1. The molecular formula is C15H18N4OS. The van der Waals surface area contributed by atoms with Crippen molar-refractivity contribution in [2.24, 2.45) is 5.92 Å². The molecule has 1 amide bonds. The molecule has 21 heavy (non-hydrogen) atoms. The van der Waals surface area contributed by atoms with Gasteiger partial charge in [-0.15, -0.1) is 0 Å². The molecule has 3 heterocycles. The predicted octanol–water partition coefficient (Wildman–Crippen LogP) is 2.19. The van der Waals surface area contributed by atoms with Crippen LogP contribution in [-0.4, -0.2) is 35.0 Å². The Morgan fingerprint density at radius 2 is 2.10 bits per heavy atom. The van der Waals surface area contributed by atoms with Gasteiger partial charge in [-0.25, -0.2) is 4.98 Å². The number of rotatable bonds is 3. The van der Waals surface area contributed by atoms with Gasteiger partial charge in [-0.3, -0.25) is 9.78 Å². The largest absolute Gasteiger partial charge is 0.353 e. The molecule has 4 rings (SSSR count). The van der Waals surface area contributed by atoms with Crippen molar-refractivity contribution in [1.82, 2.24) is 15.3 Å². The van der Waals surface area contributed by atoms with E-state index < -0.39 is 0 Å². The van der Waals surface area contributed by atoms with E-state index >= 15 is 0 Å². The SMILES string of the molecule is O=C(NC1CC1)C1CCN(c2nc3cnccc3s2)CC1. The molecule has 1 aliphatic heterocycles. The summed E-state index contributed by atoms with van der Waals surface area (Å²) >= 11 is 1.71. The number of nitrogens with zero attached hydrogens (tertiary/aromatic N) is 3. The maximum Gasteiger partial charge on any atom is 0.223 e. The number of fused-ring (bicyclic) bond motifs is 1. The third-order valence-electron chi connectivity index (χ3n) is 4.24. The van der Waals surface area contributed by atoms with Crippen LogP contribution >= 0.6 is 11.3 Å². The van der Waals surface area contributed by atoms with Crippen molar-refractivity contribution in [3.63, 3.8) is 0 Å². The fraction of sp³-hybridized carbons (Fsp3) is 0.533. The van der Waals surface area contributed by atoms with Gasteiger partial charge < -0.3 is 10.2 Å². The second kappa shape index (κ2) is 5.26. The van der Waals surface area contributed by atoms with Gasteiger partial charge >= 0.3 is 0 Å². The van der Waals surface area contributed by atoms with E-state index in [0.29, 0.717) is 6.04 Å². The number of hydrogen-bond donors (Lipinski definition) is 1. The summed E-state index contributed by atoms with van der Waals surface area (Å²) in [6.45, 7) is 1.83. The number of aromatic nitrogens is 2. The smallest absolute Gasteiger partial charge is 0.223 e. The number of carbonyl (C=O) groups excluding carboxylic acids is 1. The Balaban J connectivity index is 1.41. The van der Waals surface area contributed by atoms with Crippen molar-refractivity contribution in [3.8, 4) is 0 Å². The van der Waals surface area contributed by atoms with Gasteiger partial charge in [0.2, 0.25) is 5.91 Å². The van der Waals surface area contributed by atoms with E-state index in [4.69, 9.17) is 0 Å². The normalized spacial score (nSPS) is 19.9. The summed E-state index contributed by atoms with van der Waals surface area (Å²) in [4.78, 5) is 23.1. The first-order valence-corrected chi connectivity index (χ1v) is 8.37. The molecule has 1 saturated carbocycles. The van der Waals surface area contributed by atoms with E-state index in [1.165, 1.54) is 4.70 Å². The minimum Gasteiger partial charge on any atom is -0.353 e. The Bertz CT molecular complexity index is 625.